The zero-order valence-electron chi connectivity index (χ0n) is 13.2. The minimum Gasteiger partial charge on any atom is -0.462 e. The Labute approximate surface area is 125 Å². The summed E-state index contributed by atoms with van der Waals surface area (Å²) in [7, 11) is 1.42. The van der Waals surface area contributed by atoms with Crippen LogP contribution in [0.25, 0.3) is 0 Å². The molecular formula is C14H25N2O5+. The first-order valence-electron chi connectivity index (χ1n) is 6.82. The maximum absolute atomic E-state index is 11.6. The monoisotopic (exact) mass is 301 g/mol. The van der Waals surface area contributed by atoms with E-state index in [1.165, 1.54) is 7.05 Å². The molecule has 1 amide bonds. The number of amides is 1. The zero-order valence-corrected chi connectivity index (χ0v) is 13.2. The van der Waals surface area contributed by atoms with E-state index in [9.17, 15) is 14.5 Å². The molecule has 0 radical (unpaired) electrons. The molecule has 0 saturated carbocycles. The first kappa shape index (κ1) is 19.1. The van der Waals surface area contributed by atoms with Gasteiger partial charge in [-0.15, -0.1) is 0 Å². The van der Waals surface area contributed by atoms with Gasteiger partial charge in [-0.2, -0.15) is 0 Å². The lowest BCUT2D eigenvalue weighted by Crippen LogP contribution is -2.36. The molecule has 0 aromatic heterocycles. The van der Waals surface area contributed by atoms with Gasteiger partial charge in [0.1, 0.15) is 5.60 Å². The lowest BCUT2D eigenvalue weighted by atomic mass is 10.1. The standard InChI is InChI=1S/C14H24N2O5/c1-11(2)12(17)20-10-6-8-15-13(18)21-14(3,4)7-9-16(5)19/h1,6-10H2,2-5H3/p+1. The average molecular weight is 301 g/mol. The number of ether oxygens (including phenoxy) is 2. The van der Waals surface area contributed by atoms with Crippen LogP contribution < -0.4 is 5.32 Å². The predicted molar refractivity (Wildman–Crippen MR) is 78.0 cm³/mol. The second-order valence-electron chi connectivity index (χ2n) is 5.45. The number of carbonyl (C=O) groups is 2. The number of carbonyl (C=O) groups excluding carboxylic acids is 2. The van der Waals surface area contributed by atoms with E-state index in [0.717, 1.165) is 4.76 Å². The van der Waals surface area contributed by atoms with Gasteiger partial charge in [-0.3, -0.25) is 0 Å². The van der Waals surface area contributed by atoms with Crippen molar-refractivity contribution < 1.29 is 23.8 Å². The molecule has 0 fully saturated rings. The summed E-state index contributed by atoms with van der Waals surface area (Å²) >= 11 is 0. The summed E-state index contributed by atoms with van der Waals surface area (Å²) in [6, 6.07) is 0. The molecule has 0 aliphatic heterocycles. The van der Waals surface area contributed by atoms with Gasteiger partial charge in [-0.05, 0) is 32.0 Å². The molecule has 0 aromatic rings. The number of hydrogen-bond donors (Lipinski definition) is 1. The van der Waals surface area contributed by atoms with Crippen LogP contribution in [-0.2, 0) is 14.3 Å². The topological polar surface area (TPSA) is 84.7 Å². The molecular weight excluding hydrogens is 276 g/mol. The molecule has 120 valence electrons. The summed E-state index contributed by atoms with van der Waals surface area (Å²) in [6.07, 6.45) is 0.369. The summed E-state index contributed by atoms with van der Waals surface area (Å²) in [5.41, 5.74) is -0.373. The van der Waals surface area contributed by atoms with Crippen molar-refractivity contribution >= 4 is 12.1 Å². The molecule has 0 atom stereocenters. The fourth-order valence-corrected chi connectivity index (χ4v) is 1.32. The van der Waals surface area contributed by atoms with E-state index < -0.39 is 17.7 Å². The molecule has 1 N–H and O–H groups in total. The Morgan fingerprint density at radius 3 is 2.48 bits per heavy atom. The molecule has 0 rings (SSSR count). The number of alkyl carbamates (subject to hydrolysis) is 1. The predicted octanol–water partition coefficient (Wildman–Crippen LogP) is 1.80. The lowest BCUT2D eigenvalue weighted by molar-refractivity contribution is -0.521. The first-order chi connectivity index (χ1) is 9.64. The summed E-state index contributed by atoms with van der Waals surface area (Å²) in [4.78, 5) is 33.5. The third-order valence-electron chi connectivity index (χ3n) is 2.57. The number of hydrogen-bond acceptors (Lipinski definition) is 5. The van der Waals surface area contributed by atoms with E-state index in [0.29, 0.717) is 25.0 Å². The number of rotatable bonds is 9. The van der Waals surface area contributed by atoms with E-state index >= 15 is 0 Å². The van der Waals surface area contributed by atoms with Crippen molar-refractivity contribution in [3.05, 3.63) is 17.1 Å². The van der Waals surface area contributed by atoms with Crippen molar-refractivity contribution in [3.8, 4) is 0 Å². The Morgan fingerprint density at radius 1 is 1.33 bits per heavy atom. The molecule has 0 unspecified atom stereocenters. The van der Waals surface area contributed by atoms with Crippen molar-refractivity contribution in [2.75, 3.05) is 26.7 Å². The van der Waals surface area contributed by atoms with Crippen LogP contribution >= 0.6 is 0 Å². The molecule has 7 nitrogen and oxygen atoms in total. The van der Waals surface area contributed by atoms with Crippen LogP contribution in [0, 0.1) is 4.91 Å². The Bertz CT molecular complexity index is 404. The molecule has 0 saturated heterocycles. The van der Waals surface area contributed by atoms with Gasteiger partial charge in [-0.1, -0.05) is 6.58 Å². The van der Waals surface area contributed by atoms with Gasteiger partial charge < -0.3 is 14.8 Å². The van der Waals surface area contributed by atoms with Gasteiger partial charge in [0.05, 0.1) is 13.0 Å². The second-order valence-corrected chi connectivity index (χ2v) is 5.45. The third kappa shape index (κ3) is 10.5. The quantitative estimate of drug-likeness (QED) is 0.304. The number of nitrogens with zero attached hydrogens (tertiary/aromatic N) is 1. The highest BCUT2D eigenvalue weighted by atomic mass is 16.6. The lowest BCUT2D eigenvalue weighted by Gasteiger charge is -2.23. The Hall–Kier alpha value is -1.92. The number of nitroso groups, excluding NO2 is 1. The van der Waals surface area contributed by atoms with Crippen molar-refractivity contribution in [2.24, 2.45) is 0 Å². The van der Waals surface area contributed by atoms with Gasteiger partial charge in [0, 0.05) is 17.0 Å². The normalized spacial score (nSPS) is 10.7. The molecule has 0 aliphatic rings. The number of nitrogens with one attached hydrogen (secondary N) is 1. The van der Waals surface area contributed by atoms with Crippen molar-refractivity contribution in [1.82, 2.24) is 5.32 Å². The zero-order chi connectivity index (χ0) is 16.5. The minimum atomic E-state index is -0.713. The van der Waals surface area contributed by atoms with E-state index in [2.05, 4.69) is 11.9 Å². The average Bonchev–Trinajstić information content (AvgIpc) is 2.35. The summed E-state index contributed by atoms with van der Waals surface area (Å²) in [5, 5.41) is 2.56. The molecule has 0 bridgehead atoms. The van der Waals surface area contributed by atoms with E-state index in [1.807, 2.05) is 0 Å². The largest absolute Gasteiger partial charge is 0.462 e. The van der Waals surface area contributed by atoms with Crippen LogP contribution in [0.1, 0.15) is 33.6 Å². The third-order valence-corrected chi connectivity index (χ3v) is 2.57. The van der Waals surface area contributed by atoms with Crippen molar-refractivity contribution in [1.29, 1.82) is 0 Å². The Kier molecular flexibility index (Phi) is 8.26. The second kappa shape index (κ2) is 9.10. The maximum Gasteiger partial charge on any atom is 0.407 e. The van der Waals surface area contributed by atoms with Crippen LogP contribution in [0.4, 0.5) is 4.79 Å². The highest BCUT2D eigenvalue weighted by molar-refractivity contribution is 5.86. The van der Waals surface area contributed by atoms with Gasteiger partial charge in [0.15, 0.2) is 13.6 Å². The van der Waals surface area contributed by atoms with E-state index in [4.69, 9.17) is 9.47 Å². The highest BCUT2D eigenvalue weighted by Gasteiger charge is 2.25. The van der Waals surface area contributed by atoms with Crippen molar-refractivity contribution in [3.63, 3.8) is 0 Å². The summed E-state index contributed by atoms with van der Waals surface area (Å²) in [6.45, 7) is 9.34. The molecule has 21 heavy (non-hydrogen) atoms. The maximum atomic E-state index is 11.6. The Morgan fingerprint density at radius 2 is 1.95 bits per heavy atom. The molecule has 0 aromatic carbocycles. The molecule has 7 heteroatoms. The van der Waals surface area contributed by atoms with Gasteiger partial charge in [0.25, 0.3) is 0 Å². The molecule has 0 aliphatic carbocycles. The Balaban J connectivity index is 3.82. The van der Waals surface area contributed by atoms with Crippen molar-refractivity contribution in [2.45, 2.75) is 39.2 Å². The first-order valence-corrected chi connectivity index (χ1v) is 6.82. The highest BCUT2D eigenvalue weighted by Crippen LogP contribution is 2.14. The molecule has 0 spiro atoms. The smallest absolute Gasteiger partial charge is 0.407 e. The number of esters is 1. The van der Waals surface area contributed by atoms with Crippen LogP contribution in [0.15, 0.2) is 12.2 Å². The summed E-state index contributed by atoms with van der Waals surface area (Å²) in [5.74, 6) is -0.444. The van der Waals surface area contributed by atoms with Crippen LogP contribution in [0.2, 0.25) is 0 Å². The van der Waals surface area contributed by atoms with E-state index in [-0.39, 0.29) is 13.2 Å². The van der Waals surface area contributed by atoms with Gasteiger partial charge in [-0.25, -0.2) is 9.59 Å². The van der Waals surface area contributed by atoms with Crippen LogP contribution in [0.3, 0.4) is 0 Å². The molecule has 0 heterocycles. The fraction of sp³-hybridized carbons (Fsp3) is 0.714. The summed E-state index contributed by atoms with van der Waals surface area (Å²) < 4.78 is 10.9. The van der Waals surface area contributed by atoms with Gasteiger partial charge >= 0.3 is 12.1 Å². The van der Waals surface area contributed by atoms with Crippen LogP contribution in [0.5, 0.6) is 0 Å². The minimum absolute atomic E-state index is 0.205. The van der Waals surface area contributed by atoms with Crippen LogP contribution in [-0.4, -0.2) is 49.2 Å². The SMILES string of the molecule is C=C(C)C(=O)OCCCNC(=O)OC(C)(C)CC[N+](C)=O. The van der Waals surface area contributed by atoms with Gasteiger partial charge in [0.2, 0.25) is 0 Å². The fourth-order valence-electron chi connectivity index (χ4n) is 1.32. The van der Waals surface area contributed by atoms with E-state index in [1.54, 1.807) is 20.8 Å².